The van der Waals surface area contributed by atoms with E-state index in [-0.39, 0.29) is 15.1 Å². The summed E-state index contributed by atoms with van der Waals surface area (Å²) in [6.07, 6.45) is 0. The van der Waals surface area contributed by atoms with E-state index in [9.17, 15) is 13.2 Å². The van der Waals surface area contributed by atoms with Crippen LogP contribution in [0.4, 0.5) is 0 Å². The molecule has 6 nitrogen and oxygen atoms in total. The van der Waals surface area contributed by atoms with Gasteiger partial charge in [-0.15, -0.1) is 11.3 Å². The number of ether oxygens (including phenoxy) is 1. The van der Waals surface area contributed by atoms with E-state index >= 15 is 0 Å². The topological polar surface area (TPSA) is 83.9 Å². The molecule has 1 aromatic heterocycles. The van der Waals surface area contributed by atoms with E-state index in [1.807, 2.05) is 0 Å². The van der Waals surface area contributed by atoms with Crippen LogP contribution in [-0.2, 0) is 14.8 Å². The van der Waals surface area contributed by atoms with Crippen molar-refractivity contribution < 1.29 is 23.1 Å². The van der Waals surface area contributed by atoms with Crippen LogP contribution in [0.1, 0.15) is 16.6 Å². The normalized spacial score (nSPS) is 21.9. The van der Waals surface area contributed by atoms with Gasteiger partial charge in [0.1, 0.15) is 9.09 Å². The van der Waals surface area contributed by atoms with Gasteiger partial charge in [-0.2, -0.15) is 4.31 Å². The van der Waals surface area contributed by atoms with Crippen molar-refractivity contribution in [3.05, 3.63) is 17.0 Å². The van der Waals surface area contributed by atoms with Gasteiger partial charge in [0.05, 0.1) is 13.2 Å². The van der Waals surface area contributed by atoms with Gasteiger partial charge in [0.2, 0.25) is 0 Å². The minimum absolute atomic E-state index is 0.0227. The molecule has 1 saturated heterocycles. The molecule has 0 aromatic carbocycles. The SMILES string of the molecule is C[C@@H]1COCCN1S(=O)(=O)c1ccc(C(=O)O)s1. The summed E-state index contributed by atoms with van der Waals surface area (Å²) in [5, 5.41) is 8.81. The van der Waals surface area contributed by atoms with Crippen LogP contribution in [0.15, 0.2) is 16.3 Å². The number of carbonyl (C=O) groups is 1. The number of thiophene rings is 1. The number of rotatable bonds is 3. The lowest BCUT2D eigenvalue weighted by molar-refractivity contribution is 0.0393. The second-order valence-electron chi connectivity index (χ2n) is 3.96. The van der Waals surface area contributed by atoms with E-state index in [0.717, 1.165) is 11.3 Å². The van der Waals surface area contributed by atoms with Crippen LogP contribution >= 0.6 is 11.3 Å². The van der Waals surface area contributed by atoms with Crippen molar-refractivity contribution in [2.24, 2.45) is 0 Å². The van der Waals surface area contributed by atoms with Crippen LogP contribution in [-0.4, -0.2) is 49.6 Å². The Kier molecular flexibility index (Phi) is 3.71. The molecule has 0 spiro atoms. The fraction of sp³-hybridized carbons (Fsp3) is 0.500. The molecule has 0 unspecified atom stereocenters. The van der Waals surface area contributed by atoms with E-state index in [4.69, 9.17) is 9.84 Å². The quantitative estimate of drug-likeness (QED) is 0.892. The molecule has 1 aromatic rings. The number of hydrogen-bond donors (Lipinski definition) is 1. The van der Waals surface area contributed by atoms with E-state index in [1.54, 1.807) is 6.92 Å². The highest BCUT2D eigenvalue weighted by Gasteiger charge is 2.32. The van der Waals surface area contributed by atoms with Crippen molar-refractivity contribution in [1.29, 1.82) is 0 Å². The summed E-state index contributed by atoms with van der Waals surface area (Å²) in [6, 6.07) is 2.41. The minimum atomic E-state index is -3.62. The van der Waals surface area contributed by atoms with Crippen LogP contribution in [0.5, 0.6) is 0 Å². The average Bonchev–Trinajstić information content (AvgIpc) is 2.79. The Morgan fingerprint density at radius 3 is 2.83 bits per heavy atom. The third-order valence-corrected chi connectivity index (χ3v) is 6.22. The Bertz CT molecular complexity index is 550. The Hall–Kier alpha value is -0.960. The molecule has 0 amide bonds. The summed E-state index contributed by atoms with van der Waals surface area (Å²) in [6.45, 7) is 2.78. The van der Waals surface area contributed by atoms with Gasteiger partial charge in [-0.3, -0.25) is 0 Å². The van der Waals surface area contributed by atoms with Crippen molar-refractivity contribution in [2.45, 2.75) is 17.2 Å². The largest absolute Gasteiger partial charge is 0.477 e. The van der Waals surface area contributed by atoms with Crippen molar-refractivity contribution in [3.63, 3.8) is 0 Å². The Morgan fingerprint density at radius 1 is 1.56 bits per heavy atom. The van der Waals surface area contributed by atoms with Gasteiger partial charge in [-0.25, -0.2) is 13.2 Å². The molecule has 1 atom stereocenters. The van der Waals surface area contributed by atoms with Gasteiger partial charge in [0.15, 0.2) is 0 Å². The minimum Gasteiger partial charge on any atom is -0.477 e. The fourth-order valence-electron chi connectivity index (χ4n) is 1.76. The molecule has 0 saturated carbocycles. The second kappa shape index (κ2) is 4.96. The number of sulfonamides is 1. The van der Waals surface area contributed by atoms with Crippen molar-refractivity contribution in [1.82, 2.24) is 4.31 Å². The van der Waals surface area contributed by atoms with Crippen molar-refractivity contribution >= 4 is 27.3 Å². The lowest BCUT2D eigenvalue weighted by atomic mass is 10.3. The molecule has 0 aliphatic carbocycles. The molecule has 0 bridgehead atoms. The first-order valence-corrected chi connectivity index (χ1v) is 7.61. The van der Waals surface area contributed by atoms with Crippen LogP contribution in [0, 0.1) is 0 Å². The summed E-state index contributed by atoms with van der Waals surface area (Å²) >= 11 is 0.774. The average molecular weight is 291 g/mol. The fourth-order valence-corrected chi connectivity index (χ4v) is 4.63. The van der Waals surface area contributed by atoms with Crippen molar-refractivity contribution in [3.8, 4) is 0 Å². The maximum atomic E-state index is 12.3. The smallest absolute Gasteiger partial charge is 0.345 e. The molecule has 18 heavy (non-hydrogen) atoms. The monoisotopic (exact) mass is 291 g/mol. The number of nitrogens with zero attached hydrogens (tertiary/aromatic N) is 1. The maximum absolute atomic E-state index is 12.3. The third-order valence-electron chi connectivity index (χ3n) is 2.66. The van der Waals surface area contributed by atoms with E-state index in [2.05, 4.69) is 0 Å². The zero-order valence-electron chi connectivity index (χ0n) is 9.70. The number of morpholine rings is 1. The zero-order chi connectivity index (χ0) is 13.3. The first-order valence-electron chi connectivity index (χ1n) is 5.35. The van der Waals surface area contributed by atoms with Gasteiger partial charge in [-0.1, -0.05) is 0 Å². The first-order chi connectivity index (χ1) is 8.43. The lowest BCUT2D eigenvalue weighted by Gasteiger charge is -2.31. The summed E-state index contributed by atoms with van der Waals surface area (Å²) < 4.78 is 31.3. The van der Waals surface area contributed by atoms with Gasteiger partial charge >= 0.3 is 5.97 Å². The highest BCUT2D eigenvalue weighted by Crippen LogP contribution is 2.27. The lowest BCUT2D eigenvalue weighted by Crippen LogP contribution is -2.46. The summed E-state index contributed by atoms with van der Waals surface area (Å²) in [5.41, 5.74) is 0. The Morgan fingerprint density at radius 2 is 2.28 bits per heavy atom. The van der Waals surface area contributed by atoms with Crippen molar-refractivity contribution in [2.75, 3.05) is 19.8 Å². The van der Waals surface area contributed by atoms with Gasteiger partial charge in [0.25, 0.3) is 10.0 Å². The van der Waals surface area contributed by atoms with Crippen LogP contribution < -0.4 is 0 Å². The summed E-state index contributed by atoms with van der Waals surface area (Å²) in [4.78, 5) is 10.8. The van der Waals surface area contributed by atoms with E-state index in [1.165, 1.54) is 16.4 Å². The standard InChI is InChI=1S/C10H13NO5S2/c1-7-6-16-5-4-11(7)18(14,15)9-3-2-8(17-9)10(12)13/h2-3,7H,4-6H2,1H3,(H,12,13)/t7-/m1/s1. The maximum Gasteiger partial charge on any atom is 0.345 e. The predicted octanol–water partition coefficient (Wildman–Crippen LogP) is 0.856. The highest BCUT2D eigenvalue weighted by atomic mass is 32.2. The number of carboxylic acids is 1. The zero-order valence-corrected chi connectivity index (χ0v) is 11.3. The molecule has 1 N–H and O–H groups in total. The van der Waals surface area contributed by atoms with Crippen LogP contribution in [0.25, 0.3) is 0 Å². The summed E-state index contributed by atoms with van der Waals surface area (Å²) in [7, 11) is -3.62. The molecule has 1 fully saturated rings. The second-order valence-corrected chi connectivity index (χ2v) is 7.16. The highest BCUT2D eigenvalue weighted by molar-refractivity contribution is 7.91. The Labute approximate surface area is 109 Å². The van der Waals surface area contributed by atoms with E-state index in [0.29, 0.717) is 19.8 Å². The van der Waals surface area contributed by atoms with Gasteiger partial charge in [0, 0.05) is 12.6 Å². The van der Waals surface area contributed by atoms with Crippen LogP contribution in [0.3, 0.4) is 0 Å². The third kappa shape index (κ3) is 2.41. The predicted molar refractivity (Wildman–Crippen MR) is 65.5 cm³/mol. The Balaban J connectivity index is 2.31. The molecule has 0 radical (unpaired) electrons. The number of aromatic carboxylic acids is 1. The molecular weight excluding hydrogens is 278 g/mol. The molecular formula is C10H13NO5S2. The first kappa shape index (κ1) is 13.5. The summed E-state index contributed by atoms with van der Waals surface area (Å²) in [5.74, 6) is -1.11. The van der Waals surface area contributed by atoms with E-state index < -0.39 is 16.0 Å². The molecule has 100 valence electrons. The van der Waals surface area contributed by atoms with Gasteiger partial charge < -0.3 is 9.84 Å². The number of hydrogen-bond acceptors (Lipinski definition) is 5. The molecule has 1 aliphatic rings. The molecule has 2 rings (SSSR count). The van der Waals surface area contributed by atoms with Gasteiger partial charge in [-0.05, 0) is 19.1 Å². The molecule has 8 heteroatoms. The molecule has 1 aliphatic heterocycles. The number of carboxylic acid groups (broad SMARTS) is 1. The van der Waals surface area contributed by atoms with Crippen LogP contribution in [0.2, 0.25) is 0 Å². The molecule has 2 heterocycles.